The highest BCUT2D eigenvalue weighted by molar-refractivity contribution is 5.69. The quantitative estimate of drug-likeness (QED) is 0.894. The van der Waals surface area contributed by atoms with Crippen LogP contribution in [0.25, 0.3) is 11.3 Å². The van der Waals surface area contributed by atoms with Gasteiger partial charge in [-0.3, -0.25) is 0 Å². The van der Waals surface area contributed by atoms with E-state index < -0.39 is 0 Å². The third-order valence-electron chi connectivity index (χ3n) is 2.68. The Bertz CT molecular complexity index is 558. The van der Waals surface area contributed by atoms with Crippen LogP contribution in [0.1, 0.15) is 6.92 Å². The predicted octanol–water partition coefficient (Wildman–Crippen LogP) is 2.59. The summed E-state index contributed by atoms with van der Waals surface area (Å²) in [6.07, 6.45) is 1.73. The van der Waals surface area contributed by atoms with E-state index >= 15 is 0 Å². The van der Waals surface area contributed by atoms with Crippen LogP contribution >= 0.6 is 0 Å². The Morgan fingerprint density at radius 2 is 2.00 bits per heavy atom. The van der Waals surface area contributed by atoms with E-state index in [0.29, 0.717) is 5.95 Å². The van der Waals surface area contributed by atoms with E-state index in [0.717, 1.165) is 29.3 Å². The van der Waals surface area contributed by atoms with Gasteiger partial charge in [-0.1, -0.05) is 0 Å². The fraction of sp³-hybridized carbons (Fsp3) is 0.286. The molecule has 5 heteroatoms. The van der Waals surface area contributed by atoms with Gasteiger partial charge in [-0.15, -0.1) is 0 Å². The fourth-order valence-corrected chi connectivity index (χ4v) is 1.76. The van der Waals surface area contributed by atoms with E-state index in [1.165, 1.54) is 0 Å². The number of rotatable bonds is 5. The minimum Gasteiger partial charge on any atom is -0.497 e. The topological polar surface area (TPSA) is 56.3 Å². The minimum absolute atomic E-state index is 0.609. The van der Waals surface area contributed by atoms with E-state index in [1.54, 1.807) is 20.4 Å². The largest absolute Gasteiger partial charge is 0.497 e. The lowest BCUT2D eigenvalue weighted by atomic mass is 10.1. The molecule has 0 aliphatic rings. The molecule has 0 saturated carbocycles. The SMILES string of the molecule is CCNc1nccc(-c2ccc(OC)cc2OC)n1. The number of aromatic nitrogens is 2. The van der Waals surface area contributed by atoms with Crippen LogP contribution in [0.15, 0.2) is 30.5 Å². The molecule has 1 N–H and O–H groups in total. The van der Waals surface area contributed by atoms with Gasteiger partial charge in [0, 0.05) is 24.4 Å². The third kappa shape index (κ3) is 2.93. The van der Waals surface area contributed by atoms with Crippen molar-refractivity contribution in [3.63, 3.8) is 0 Å². The van der Waals surface area contributed by atoms with Crippen molar-refractivity contribution in [1.29, 1.82) is 0 Å². The van der Waals surface area contributed by atoms with Crippen molar-refractivity contribution in [2.75, 3.05) is 26.1 Å². The van der Waals surface area contributed by atoms with Crippen LogP contribution in [0.4, 0.5) is 5.95 Å². The molecule has 0 saturated heterocycles. The van der Waals surface area contributed by atoms with E-state index in [1.807, 2.05) is 31.2 Å². The number of benzene rings is 1. The maximum Gasteiger partial charge on any atom is 0.223 e. The molecule has 0 radical (unpaired) electrons. The zero-order chi connectivity index (χ0) is 13.7. The molecule has 0 spiro atoms. The summed E-state index contributed by atoms with van der Waals surface area (Å²) in [5, 5.41) is 3.09. The van der Waals surface area contributed by atoms with Gasteiger partial charge in [0.05, 0.1) is 19.9 Å². The van der Waals surface area contributed by atoms with Gasteiger partial charge in [0.15, 0.2) is 0 Å². The lowest BCUT2D eigenvalue weighted by Gasteiger charge is -2.10. The molecule has 0 unspecified atom stereocenters. The normalized spacial score (nSPS) is 10.1. The molecule has 100 valence electrons. The molecule has 0 bridgehead atoms. The van der Waals surface area contributed by atoms with Gasteiger partial charge in [0.25, 0.3) is 0 Å². The zero-order valence-electron chi connectivity index (χ0n) is 11.3. The molecule has 1 aromatic heterocycles. The Balaban J connectivity index is 2.43. The van der Waals surface area contributed by atoms with Gasteiger partial charge in [-0.05, 0) is 25.1 Å². The lowest BCUT2D eigenvalue weighted by molar-refractivity contribution is 0.395. The molecule has 0 fully saturated rings. The number of ether oxygens (including phenoxy) is 2. The summed E-state index contributed by atoms with van der Waals surface area (Å²) in [5.41, 5.74) is 1.72. The van der Waals surface area contributed by atoms with E-state index in [4.69, 9.17) is 9.47 Å². The van der Waals surface area contributed by atoms with Crippen molar-refractivity contribution < 1.29 is 9.47 Å². The Kier molecular flexibility index (Phi) is 4.18. The van der Waals surface area contributed by atoms with Gasteiger partial charge in [-0.2, -0.15) is 0 Å². The Morgan fingerprint density at radius 1 is 1.16 bits per heavy atom. The second-order valence-electron chi connectivity index (χ2n) is 3.86. The summed E-state index contributed by atoms with van der Waals surface area (Å²) >= 11 is 0. The maximum atomic E-state index is 5.38. The molecular weight excluding hydrogens is 242 g/mol. The Labute approximate surface area is 112 Å². The molecule has 0 aliphatic heterocycles. The number of hydrogen-bond acceptors (Lipinski definition) is 5. The molecule has 19 heavy (non-hydrogen) atoms. The van der Waals surface area contributed by atoms with Gasteiger partial charge in [0.1, 0.15) is 11.5 Å². The van der Waals surface area contributed by atoms with E-state index in [9.17, 15) is 0 Å². The molecule has 2 rings (SSSR count). The van der Waals surface area contributed by atoms with Crippen LogP contribution in [0, 0.1) is 0 Å². The van der Waals surface area contributed by atoms with Crippen LogP contribution in [-0.2, 0) is 0 Å². The number of anilines is 1. The molecule has 0 aliphatic carbocycles. The minimum atomic E-state index is 0.609. The number of nitrogens with zero attached hydrogens (tertiary/aromatic N) is 2. The van der Waals surface area contributed by atoms with Crippen molar-refractivity contribution in [1.82, 2.24) is 9.97 Å². The predicted molar refractivity (Wildman–Crippen MR) is 74.7 cm³/mol. The van der Waals surface area contributed by atoms with Crippen LogP contribution in [0.3, 0.4) is 0 Å². The number of hydrogen-bond donors (Lipinski definition) is 1. The van der Waals surface area contributed by atoms with Crippen molar-refractivity contribution in [3.05, 3.63) is 30.5 Å². The van der Waals surface area contributed by atoms with Gasteiger partial charge < -0.3 is 14.8 Å². The number of nitrogens with one attached hydrogen (secondary N) is 1. The fourth-order valence-electron chi connectivity index (χ4n) is 1.76. The zero-order valence-corrected chi connectivity index (χ0v) is 11.3. The number of methoxy groups -OCH3 is 2. The van der Waals surface area contributed by atoms with Gasteiger partial charge >= 0.3 is 0 Å². The first-order valence-corrected chi connectivity index (χ1v) is 6.07. The standard InChI is InChI=1S/C14H17N3O2/c1-4-15-14-16-8-7-12(17-14)11-6-5-10(18-2)9-13(11)19-3/h5-9H,4H2,1-3H3,(H,15,16,17). The average molecular weight is 259 g/mol. The molecule has 1 heterocycles. The summed E-state index contributed by atoms with van der Waals surface area (Å²) < 4.78 is 10.6. The second kappa shape index (κ2) is 6.04. The van der Waals surface area contributed by atoms with Crippen LogP contribution in [-0.4, -0.2) is 30.7 Å². The first-order chi connectivity index (χ1) is 9.28. The average Bonchev–Trinajstić information content (AvgIpc) is 2.47. The van der Waals surface area contributed by atoms with E-state index in [2.05, 4.69) is 15.3 Å². The summed E-state index contributed by atoms with van der Waals surface area (Å²) in [6.45, 7) is 2.78. The van der Waals surface area contributed by atoms with Crippen LogP contribution in [0.5, 0.6) is 11.5 Å². The van der Waals surface area contributed by atoms with Crippen LogP contribution < -0.4 is 14.8 Å². The van der Waals surface area contributed by atoms with E-state index in [-0.39, 0.29) is 0 Å². The first-order valence-electron chi connectivity index (χ1n) is 6.07. The summed E-state index contributed by atoms with van der Waals surface area (Å²) in [4.78, 5) is 8.61. The lowest BCUT2D eigenvalue weighted by Crippen LogP contribution is -2.02. The molecule has 5 nitrogen and oxygen atoms in total. The van der Waals surface area contributed by atoms with Crippen molar-refractivity contribution in [3.8, 4) is 22.8 Å². The molecule has 1 aromatic carbocycles. The van der Waals surface area contributed by atoms with Crippen LogP contribution in [0.2, 0.25) is 0 Å². The van der Waals surface area contributed by atoms with Gasteiger partial charge in [-0.25, -0.2) is 9.97 Å². The monoisotopic (exact) mass is 259 g/mol. The summed E-state index contributed by atoms with van der Waals surface area (Å²) in [7, 11) is 3.26. The highest BCUT2D eigenvalue weighted by Gasteiger charge is 2.09. The summed E-state index contributed by atoms with van der Waals surface area (Å²) in [6, 6.07) is 7.50. The van der Waals surface area contributed by atoms with Crippen molar-refractivity contribution in [2.24, 2.45) is 0 Å². The molecule has 2 aromatic rings. The third-order valence-corrected chi connectivity index (χ3v) is 2.68. The van der Waals surface area contributed by atoms with Crippen molar-refractivity contribution in [2.45, 2.75) is 6.92 Å². The van der Waals surface area contributed by atoms with Crippen molar-refractivity contribution >= 4 is 5.95 Å². The van der Waals surface area contributed by atoms with Gasteiger partial charge in [0.2, 0.25) is 5.95 Å². The molecular formula is C14H17N3O2. The first kappa shape index (κ1) is 13.1. The molecule has 0 amide bonds. The Hall–Kier alpha value is -2.30. The molecule has 0 atom stereocenters. The smallest absolute Gasteiger partial charge is 0.223 e. The second-order valence-corrected chi connectivity index (χ2v) is 3.86. The maximum absolute atomic E-state index is 5.38. The highest BCUT2D eigenvalue weighted by Crippen LogP contribution is 2.32. The summed E-state index contributed by atoms with van der Waals surface area (Å²) in [5.74, 6) is 2.08. The highest BCUT2D eigenvalue weighted by atomic mass is 16.5. The Morgan fingerprint density at radius 3 is 2.68 bits per heavy atom.